The second-order valence-corrected chi connectivity index (χ2v) is 6.38. The zero-order chi connectivity index (χ0) is 17.9. The molecule has 0 spiro atoms. The number of nitrogens with zero attached hydrogens (tertiary/aromatic N) is 2. The van der Waals surface area contributed by atoms with Gasteiger partial charge in [-0.3, -0.25) is 4.99 Å². The van der Waals surface area contributed by atoms with E-state index in [1.54, 1.807) is 7.11 Å². The third kappa shape index (κ3) is 8.28. The fraction of sp³-hybridized carbons (Fsp3) is 0.611. The summed E-state index contributed by atoms with van der Waals surface area (Å²) >= 11 is 5.86. The third-order valence-electron chi connectivity index (χ3n) is 4.05. The Kier molecular flexibility index (Phi) is 12.0. The Labute approximate surface area is 178 Å². The van der Waals surface area contributed by atoms with Crippen LogP contribution in [0.2, 0.25) is 5.02 Å². The molecule has 1 aliphatic heterocycles. The Bertz CT molecular complexity index is 531. The highest BCUT2D eigenvalue weighted by atomic mass is 127. The van der Waals surface area contributed by atoms with E-state index in [1.165, 1.54) is 0 Å². The van der Waals surface area contributed by atoms with Gasteiger partial charge in [0, 0.05) is 38.2 Å². The van der Waals surface area contributed by atoms with Gasteiger partial charge in [0.2, 0.25) is 0 Å². The second-order valence-electron chi connectivity index (χ2n) is 5.94. The van der Waals surface area contributed by atoms with Crippen LogP contribution < -0.4 is 10.1 Å². The fourth-order valence-electron chi connectivity index (χ4n) is 2.75. The minimum atomic E-state index is 0. The average Bonchev–Trinajstić information content (AvgIpc) is 3.09. The molecule has 0 saturated carbocycles. The molecular formula is C18H29ClIN3O3. The lowest BCUT2D eigenvalue weighted by Crippen LogP contribution is -2.41. The van der Waals surface area contributed by atoms with E-state index in [2.05, 4.69) is 15.2 Å². The number of likely N-dealkylation sites (tertiary alicyclic amines) is 1. The lowest BCUT2D eigenvalue weighted by molar-refractivity contribution is 0.0536. The van der Waals surface area contributed by atoms with Crippen LogP contribution in [0, 0.1) is 5.92 Å². The number of methoxy groups -OCH3 is 1. The summed E-state index contributed by atoms with van der Waals surface area (Å²) in [5.41, 5.74) is 0. The molecule has 1 heterocycles. The van der Waals surface area contributed by atoms with E-state index in [-0.39, 0.29) is 24.0 Å². The van der Waals surface area contributed by atoms with E-state index in [0.29, 0.717) is 37.3 Å². The van der Waals surface area contributed by atoms with Crippen LogP contribution in [0.25, 0.3) is 0 Å². The van der Waals surface area contributed by atoms with Crippen molar-refractivity contribution in [1.29, 1.82) is 0 Å². The summed E-state index contributed by atoms with van der Waals surface area (Å²) in [4.78, 5) is 6.64. The standard InChI is InChI=1S/C18H28ClN3O3.HI/c1-20-18(21-8-10-25-17-5-3-16(19)4-6-17)22-9-7-15(13-22)14-24-12-11-23-2;/h3-6,15H,7-14H2,1-2H3,(H,20,21);1H. The summed E-state index contributed by atoms with van der Waals surface area (Å²) in [7, 11) is 3.50. The van der Waals surface area contributed by atoms with Gasteiger partial charge in [-0.05, 0) is 30.7 Å². The maximum absolute atomic E-state index is 5.86. The first-order valence-corrected chi connectivity index (χ1v) is 9.01. The minimum Gasteiger partial charge on any atom is -0.492 e. The molecule has 0 aromatic heterocycles. The first kappa shape index (κ1) is 23.3. The van der Waals surface area contributed by atoms with Crippen molar-refractivity contribution >= 4 is 41.5 Å². The first-order valence-electron chi connectivity index (χ1n) is 8.63. The monoisotopic (exact) mass is 497 g/mol. The molecule has 1 atom stereocenters. The molecule has 1 unspecified atom stereocenters. The van der Waals surface area contributed by atoms with Crippen molar-refractivity contribution < 1.29 is 14.2 Å². The van der Waals surface area contributed by atoms with Crippen LogP contribution in [-0.4, -0.2) is 71.1 Å². The van der Waals surface area contributed by atoms with Gasteiger partial charge in [0.1, 0.15) is 12.4 Å². The van der Waals surface area contributed by atoms with Crippen molar-refractivity contribution in [3.05, 3.63) is 29.3 Å². The summed E-state index contributed by atoms with van der Waals surface area (Å²) in [5.74, 6) is 2.27. The lowest BCUT2D eigenvalue weighted by atomic mass is 10.1. The molecule has 2 rings (SSSR count). The number of hydrogen-bond acceptors (Lipinski definition) is 4. The van der Waals surface area contributed by atoms with Gasteiger partial charge < -0.3 is 24.4 Å². The second kappa shape index (κ2) is 13.4. The molecule has 0 aliphatic carbocycles. The van der Waals surface area contributed by atoms with E-state index in [4.69, 9.17) is 25.8 Å². The SMILES string of the molecule is CN=C(NCCOc1ccc(Cl)cc1)N1CCC(COCCOC)C1.I. The summed E-state index contributed by atoms with van der Waals surface area (Å²) < 4.78 is 16.3. The smallest absolute Gasteiger partial charge is 0.193 e. The number of halogens is 2. The summed E-state index contributed by atoms with van der Waals surface area (Å²) in [5, 5.41) is 4.06. The van der Waals surface area contributed by atoms with Crippen LogP contribution in [0.1, 0.15) is 6.42 Å². The van der Waals surface area contributed by atoms with Gasteiger partial charge in [-0.25, -0.2) is 0 Å². The zero-order valence-electron chi connectivity index (χ0n) is 15.4. The molecule has 1 aromatic carbocycles. The molecule has 8 heteroatoms. The molecule has 6 nitrogen and oxygen atoms in total. The number of nitrogens with one attached hydrogen (secondary N) is 1. The maximum Gasteiger partial charge on any atom is 0.193 e. The number of guanidine groups is 1. The minimum absolute atomic E-state index is 0. The Hall–Kier alpha value is -0.770. The molecule has 0 radical (unpaired) electrons. The van der Waals surface area contributed by atoms with E-state index in [9.17, 15) is 0 Å². The highest BCUT2D eigenvalue weighted by molar-refractivity contribution is 14.0. The van der Waals surface area contributed by atoms with E-state index in [1.807, 2.05) is 31.3 Å². The molecule has 26 heavy (non-hydrogen) atoms. The Balaban J connectivity index is 0.00000338. The maximum atomic E-state index is 5.86. The van der Waals surface area contributed by atoms with Gasteiger partial charge in [0.15, 0.2) is 5.96 Å². The number of rotatable bonds is 9. The summed E-state index contributed by atoms with van der Waals surface area (Å²) in [6.45, 7) is 5.30. The predicted octanol–water partition coefficient (Wildman–Crippen LogP) is 2.90. The highest BCUT2D eigenvalue weighted by Gasteiger charge is 2.24. The van der Waals surface area contributed by atoms with Crippen LogP contribution in [0.4, 0.5) is 0 Å². The molecule has 1 N–H and O–H groups in total. The third-order valence-corrected chi connectivity index (χ3v) is 4.30. The van der Waals surface area contributed by atoms with Crippen LogP contribution in [0.5, 0.6) is 5.75 Å². The molecular weight excluding hydrogens is 469 g/mol. The van der Waals surface area contributed by atoms with Gasteiger partial charge in [-0.2, -0.15) is 0 Å². The fourth-order valence-corrected chi connectivity index (χ4v) is 2.87. The van der Waals surface area contributed by atoms with Gasteiger partial charge in [0.25, 0.3) is 0 Å². The van der Waals surface area contributed by atoms with Gasteiger partial charge >= 0.3 is 0 Å². The van der Waals surface area contributed by atoms with Crippen LogP contribution in [-0.2, 0) is 9.47 Å². The number of ether oxygens (including phenoxy) is 3. The van der Waals surface area contributed by atoms with E-state index >= 15 is 0 Å². The van der Waals surface area contributed by atoms with E-state index < -0.39 is 0 Å². The van der Waals surface area contributed by atoms with Crippen molar-refractivity contribution in [2.45, 2.75) is 6.42 Å². The Morgan fingerprint density at radius 3 is 2.73 bits per heavy atom. The highest BCUT2D eigenvalue weighted by Crippen LogP contribution is 2.17. The molecule has 1 fully saturated rings. The van der Waals surface area contributed by atoms with E-state index in [0.717, 1.165) is 37.8 Å². The van der Waals surface area contributed by atoms with Crippen molar-refractivity contribution in [2.75, 3.05) is 60.2 Å². The predicted molar refractivity (Wildman–Crippen MR) is 116 cm³/mol. The lowest BCUT2D eigenvalue weighted by Gasteiger charge is -2.21. The van der Waals surface area contributed by atoms with Crippen molar-refractivity contribution in [3.8, 4) is 5.75 Å². The Morgan fingerprint density at radius 1 is 1.27 bits per heavy atom. The topological polar surface area (TPSA) is 55.3 Å². The summed E-state index contributed by atoms with van der Waals surface area (Å²) in [6, 6.07) is 7.38. The number of aliphatic imine (C=N–C) groups is 1. The zero-order valence-corrected chi connectivity index (χ0v) is 18.5. The molecule has 0 bridgehead atoms. The van der Waals surface area contributed by atoms with Crippen molar-refractivity contribution in [2.24, 2.45) is 10.9 Å². The van der Waals surface area contributed by atoms with Crippen LogP contribution >= 0.6 is 35.6 Å². The van der Waals surface area contributed by atoms with Crippen molar-refractivity contribution in [1.82, 2.24) is 10.2 Å². The van der Waals surface area contributed by atoms with Gasteiger partial charge in [-0.15, -0.1) is 24.0 Å². The normalized spacial score (nSPS) is 17.1. The molecule has 148 valence electrons. The first-order chi connectivity index (χ1) is 12.2. The molecule has 1 aromatic rings. The van der Waals surface area contributed by atoms with Crippen molar-refractivity contribution in [3.63, 3.8) is 0 Å². The number of benzene rings is 1. The molecule has 0 amide bonds. The molecule has 1 aliphatic rings. The summed E-state index contributed by atoms with van der Waals surface area (Å²) in [6.07, 6.45) is 1.12. The molecule has 1 saturated heterocycles. The van der Waals surface area contributed by atoms with Gasteiger partial charge in [0.05, 0.1) is 26.4 Å². The average molecular weight is 498 g/mol. The number of hydrogen-bond donors (Lipinski definition) is 1. The van der Waals surface area contributed by atoms with Gasteiger partial charge in [-0.1, -0.05) is 11.6 Å². The largest absolute Gasteiger partial charge is 0.492 e. The quantitative estimate of drug-likeness (QED) is 0.246. The van der Waals surface area contributed by atoms with Crippen LogP contribution in [0.15, 0.2) is 29.3 Å². The van der Waals surface area contributed by atoms with Crippen LogP contribution in [0.3, 0.4) is 0 Å². The Morgan fingerprint density at radius 2 is 2.04 bits per heavy atom.